The van der Waals surface area contributed by atoms with E-state index in [1.807, 2.05) is 25.1 Å². The highest BCUT2D eigenvalue weighted by Crippen LogP contribution is 2.24. The molecule has 0 spiro atoms. The smallest absolute Gasteiger partial charge is 0.349 e. The summed E-state index contributed by atoms with van der Waals surface area (Å²) in [6.07, 6.45) is 2.01. The Morgan fingerprint density at radius 3 is 2.81 bits per heavy atom. The molecule has 1 aliphatic rings. The van der Waals surface area contributed by atoms with E-state index in [0.29, 0.717) is 17.9 Å². The number of nitrogens with zero attached hydrogens (tertiary/aromatic N) is 1. The number of nitrogens with one attached hydrogen (secondary N) is 1. The van der Waals surface area contributed by atoms with Gasteiger partial charge in [0.1, 0.15) is 11.3 Å². The monoisotopic (exact) mass is 390 g/mol. The summed E-state index contributed by atoms with van der Waals surface area (Å²) in [4.78, 5) is 29.3. The van der Waals surface area contributed by atoms with E-state index in [2.05, 4.69) is 5.32 Å². The van der Waals surface area contributed by atoms with Crippen LogP contribution in [0.4, 0.5) is 0 Å². The van der Waals surface area contributed by atoms with E-state index in [1.54, 1.807) is 18.3 Å². The Bertz CT molecular complexity index is 852. The van der Waals surface area contributed by atoms with Crippen LogP contribution in [0.5, 0.6) is 0 Å². The molecule has 1 saturated heterocycles. The Hall–Kier alpha value is -1.96. The van der Waals surface area contributed by atoms with Crippen molar-refractivity contribution in [2.24, 2.45) is 0 Å². The first-order valence-electron chi connectivity index (χ1n) is 9.30. The normalized spacial score (nSPS) is 17.1. The van der Waals surface area contributed by atoms with Gasteiger partial charge in [0.05, 0.1) is 13.2 Å². The Labute approximate surface area is 162 Å². The number of hydrogen-bond acceptors (Lipinski definition) is 6. The first-order chi connectivity index (χ1) is 13.0. The van der Waals surface area contributed by atoms with Crippen LogP contribution in [0.25, 0.3) is 0 Å². The minimum absolute atomic E-state index is 0.0595. The van der Waals surface area contributed by atoms with Crippen molar-refractivity contribution in [1.82, 2.24) is 10.2 Å². The van der Waals surface area contributed by atoms with Crippen molar-refractivity contribution in [3.63, 3.8) is 0 Å². The second-order valence-electron chi connectivity index (χ2n) is 7.00. The zero-order valence-electron chi connectivity index (χ0n) is 15.8. The first kappa shape index (κ1) is 19.8. The molecule has 7 heteroatoms. The SMILES string of the molecule is Cc1ccc(CN(CCO)C(=O)c2c(C)cc(C3CCCNC3)oc2=O)s1. The van der Waals surface area contributed by atoms with Crippen LogP contribution in [0.1, 0.15) is 50.2 Å². The number of piperidine rings is 1. The third-order valence-corrected chi connectivity index (χ3v) is 5.87. The topological polar surface area (TPSA) is 82.8 Å². The fourth-order valence-electron chi connectivity index (χ4n) is 3.48. The van der Waals surface area contributed by atoms with Gasteiger partial charge in [-0.05, 0) is 57.0 Å². The molecular formula is C20H26N2O4S. The molecule has 0 saturated carbocycles. The lowest BCUT2D eigenvalue weighted by atomic mass is 9.95. The maximum absolute atomic E-state index is 13.0. The Morgan fingerprint density at radius 2 is 2.22 bits per heavy atom. The molecule has 0 bridgehead atoms. The summed E-state index contributed by atoms with van der Waals surface area (Å²) in [5, 5.41) is 12.7. The molecule has 1 amide bonds. The van der Waals surface area contributed by atoms with E-state index in [0.717, 1.165) is 35.7 Å². The summed E-state index contributed by atoms with van der Waals surface area (Å²) in [6.45, 7) is 5.92. The largest absolute Gasteiger partial charge is 0.427 e. The third-order valence-electron chi connectivity index (χ3n) is 4.88. The maximum Gasteiger partial charge on any atom is 0.349 e. The van der Waals surface area contributed by atoms with Crippen LogP contribution in [0.2, 0.25) is 0 Å². The highest BCUT2D eigenvalue weighted by atomic mass is 32.1. The highest BCUT2D eigenvalue weighted by Gasteiger charge is 2.25. The molecule has 146 valence electrons. The number of aliphatic hydroxyl groups excluding tert-OH is 1. The number of carbonyl (C=O) groups is 1. The van der Waals surface area contributed by atoms with Gasteiger partial charge >= 0.3 is 5.63 Å². The molecule has 3 rings (SSSR count). The van der Waals surface area contributed by atoms with E-state index < -0.39 is 11.5 Å². The molecule has 1 atom stereocenters. The van der Waals surface area contributed by atoms with Gasteiger partial charge in [-0.15, -0.1) is 11.3 Å². The number of hydrogen-bond donors (Lipinski definition) is 2. The van der Waals surface area contributed by atoms with Crippen LogP contribution in [0.15, 0.2) is 27.4 Å². The van der Waals surface area contributed by atoms with E-state index in [1.165, 1.54) is 4.90 Å². The zero-order chi connectivity index (χ0) is 19.4. The molecule has 0 aliphatic carbocycles. The maximum atomic E-state index is 13.0. The molecule has 0 aromatic carbocycles. The molecular weight excluding hydrogens is 364 g/mol. The van der Waals surface area contributed by atoms with Crippen molar-refractivity contribution in [2.45, 2.75) is 39.2 Å². The second-order valence-corrected chi connectivity index (χ2v) is 8.37. The number of aryl methyl sites for hydroxylation is 2. The number of thiophene rings is 1. The van der Waals surface area contributed by atoms with Gasteiger partial charge in [0.25, 0.3) is 5.91 Å². The minimum atomic E-state index is -0.592. The Kier molecular flexibility index (Phi) is 6.46. The molecule has 6 nitrogen and oxygen atoms in total. The van der Waals surface area contributed by atoms with Gasteiger partial charge < -0.3 is 19.7 Å². The van der Waals surface area contributed by atoms with E-state index in [9.17, 15) is 14.7 Å². The zero-order valence-corrected chi connectivity index (χ0v) is 16.6. The Balaban J connectivity index is 1.86. The van der Waals surface area contributed by atoms with Crippen molar-refractivity contribution in [1.29, 1.82) is 0 Å². The van der Waals surface area contributed by atoms with Crippen molar-refractivity contribution < 1.29 is 14.3 Å². The molecule has 1 unspecified atom stereocenters. The van der Waals surface area contributed by atoms with Gasteiger partial charge in [0.2, 0.25) is 0 Å². The lowest BCUT2D eigenvalue weighted by molar-refractivity contribution is 0.0703. The predicted octanol–water partition coefficient (Wildman–Crippen LogP) is 2.42. The predicted molar refractivity (Wildman–Crippen MR) is 105 cm³/mol. The summed E-state index contributed by atoms with van der Waals surface area (Å²) in [6, 6.07) is 5.78. The summed E-state index contributed by atoms with van der Waals surface area (Å²) >= 11 is 1.60. The van der Waals surface area contributed by atoms with Gasteiger partial charge in [-0.25, -0.2) is 4.79 Å². The molecule has 0 radical (unpaired) electrons. The van der Waals surface area contributed by atoms with E-state index >= 15 is 0 Å². The number of amides is 1. The van der Waals surface area contributed by atoms with E-state index in [-0.39, 0.29) is 24.6 Å². The highest BCUT2D eigenvalue weighted by molar-refractivity contribution is 7.11. The molecule has 3 heterocycles. The van der Waals surface area contributed by atoms with Crippen molar-refractivity contribution in [3.8, 4) is 0 Å². The molecule has 27 heavy (non-hydrogen) atoms. The number of carbonyl (C=O) groups excluding carboxylic acids is 1. The molecule has 2 aromatic rings. The molecule has 1 fully saturated rings. The van der Waals surface area contributed by atoms with Gasteiger partial charge in [-0.1, -0.05) is 0 Å². The lowest BCUT2D eigenvalue weighted by Gasteiger charge is -2.23. The first-order valence-corrected chi connectivity index (χ1v) is 10.1. The van der Waals surface area contributed by atoms with Crippen LogP contribution < -0.4 is 10.9 Å². The second kappa shape index (κ2) is 8.82. The lowest BCUT2D eigenvalue weighted by Crippen LogP contribution is -2.36. The Morgan fingerprint density at radius 1 is 1.41 bits per heavy atom. The van der Waals surface area contributed by atoms with E-state index in [4.69, 9.17) is 4.42 Å². The van der Waals surface area contributed by atoms with Gasteiger partial charge in [-0.3, -0.25) is 4.79 Å². The van der Waals surface area contributed by atoms with Crippen LogP contribution in [0.3, 0.4) is 0 Å². The summed E-state index contributed by atoms with van der Waals surface area (Å²) < 4.78 is 5.53. The number of rotatable bonds is 6. The summed E-state index contributed by atoms with van der Waals surface area (Å²) in [7, 11) is 0. The van der Waals surface area contributed by atoms with Crippen LogP contribution >= 0.6 is 11.3 Å². The quantitative estimate of drug-likeness (QED) is 0.792. The fraction of sp³-hybridized carbons (Fsp3) is 0.500. The summed E-state index contributed by atoms with van der Waals surface area (Å²) in [5.74, 6) is 0.412. The standard InChI is InChI=1S/C20H26N2O4S/c1-13-10-17(15-4-3-7-21-11-15)26-20(25)18(13)19(24)22(8-9-23)12-16-6-5-14(2)27-16/h5-6,10,15,21,23H,3-4,7-9,11-12H2,1-2H3. The third kappa shape index (κ3) is 4.66. The minimum Gasteiger partial charge on any atom is -0.427 e. The average Bonchev–Trinajstić information content (AvgIpc) is 3.06. The molecule has 2 aromatic heterocycles. The number of aliphatic hydroxyl groups is 1. The molecule has 1 aliphatic heterocycles. The molecule has 2 N–H and O–H groups in total. The van der Waals surface area contributed by atoms with Crippen molar-refractivity contribution >= 4 is 17.2 Å². The van der Waals surface area contributed by atoms with Crippen LogP contribution in [-0.4, -0.2) is 42.2 Å². The van der Waals surface area contributed by atoms with Crippen LogP contribution in [-0.2, 0) is 6.54 Å². The van der Waals surface area contributed by atoms with Gasteiger partial charge in [0, 0.05) is 28.8 Å². The van der Waals surface area contributed by atoms with Crippen LogP contribution in [0, 0.1) is 13.8 Å². The summed E-state index contributed by atoms with van der Waals surface area (Å²) in [5.41, 5.74) is 0.0947. The van der Waals surface area contributed by atoms with Gasteiger partial charge in [-0.2, -0.15) is 0 Å². The average molecular weight is 391 g/mol. The van der Waals surface area contributed by atoms with Gasteiger partial charge in [0.15, 0.2) is 0 Å². The van der Waals surface area contributed by atoms with Crippen molar-refractivity contribution in [2.75, 3.05) is 26.2 Å². The van der Waals surface area contributed by atoms with Crippen molar-refractivity contribution in [3.05, 3.63) is 55.3 Å². The fourth-order valence-corrected chi connectivity index (χ4v) is 4.38.